The highest BCUT2D eigenvalue weighted by molar-refractivity contribution is 7.46. The number of aryl methyl sites for hydroxylation is 1. The molecule has 1 aromatic carbocycles. The van der Waals surface area contributed by atoms with Crippen LogP contribution in [0.25, 0.3) is 10.9 Å². The van der Waals surface area contributed by atoms with E-state index in [0.29, 0.717) is 12.7 Å². The maximum atomic E-state index is 12.8. The second kappa shape index (κ2) is 11.2. The molecule has 13 heteroatoms. The molecule has 0 bridgehead atoms. The van der Waals surface area contributed by atoms with Gasteiger partial charge in [0.1, 0.15) is 5.75 Å². The highest BCUT2D eigenvalue weighted by atomic mass is 31.2. The Hall–Kier alpha value is -3.12. The summed E-state index contributed by atoms with van der Waals surface area (Å²) in [6.07, 6.45) is 6.11. The Balaban J connectivity index is 0.000000191. The van der Waals surface area contributed by atoms with Gasteiger partial charge in [0, 0.05) is 35.8 Å². The van der Waals surface area contributed by atoms with Gasteiger partial charge in [-0.05, 0) is 56.2 Å². The van der Waals surface area contributed by atoms with Crippen molar-refractivity contribution in [2.24, 2.45) is 5.41 Å². The van der Waals surface area contributed by atoms with Gasteiger partial charge >= 0.3 is 13.8 Å². The van der Waals surface area contributed by atoms with Crippen LogP contribution >= 0.6 is 7.82 Å². The Bertz CT molecular complexity index is 1580. The summed E-state index contributed by atoms with van der Waals surface area (Å²) in [5.74, 6) is -0.864. The highest BCUT2D eigenvalue weighted by Gasteiger charge is 2.60. The Labute approximate surface area is 243 Å². The minimum absolute atomic E-state index is 0.0825. The van der Waals surface area contributed by atoms with Crippen LogP contribution in [0.2, 0.25) is 0 Å². The van der Waals surface area contributed by atoms with Crippen molar-refractivity contribution in [1.82, 2.24) is 14.5 Å². The Morgan fingerprint density at radius 1 is 1.26 bits per heavy atom. The topological polar surface area (TPSA) is 172 Å². The molecule has 12 nitrogen and oxygen atoms in total. The SMILES string of the molecule is CC[C@]12CCCN3CCc4c(n(c5ccccc45)[C@@](O)(C(=O)OC)C1)[C@@H]32.Cc1ncc(COP(=O)(O)O)c(C=O)c1O. The summed E-state index contributed by atoms with van der Waals surface area (Å²) >= 11 is 0. The van der Waals surface area contributed by atoms with Crippen molar-refractivity contribution < 1.29 is 43.4 Å². The lowest BCUT2D eigenvalue weighted by Gasteiger charge is -2.57. The number of aromatic nitrogens is 2. The predicted octanol–water partition coefficient (Wildman–Crippen LogP) is 3.47. The maximum absolute atomic E-state index is 12.8. The van der Waals surface area contributed by atoms with E-state index in [0.717, 1.165) is 50.0 Å². The third kappa shape index (κ3) is 4.96. The molecular formula is C29H36N3O9P. The number of phosphoric acid groups is 1. The van der Waals surface area contributed by atoms with Crippen LogP contribution in [0.1, 0.15) is 71.5 Å². The van der Waals surface area contributed by atoms with Crippen molar-refractivity contribution in [1.29, 1.82) is 0 Å². The first-order valence-electron chi connectivity index (χ1n) is 13.9. The van der Waals surface area contributed by atoms with Gasteiger partial charge < -0.3 is 29.3 Å². The molecule has 6 rings (SSSR count). The molecule has 5 heterocycles. The minimum Gasteiger partial charge on any atom is -0.505 e. The van der Waals surface area contributed by atoms with Crippen LogP contribution in [0.15, 0.2) is 30.5 Å². The van der Waals surface area contributed by atoms with Crippen LogP contribution in [0, 0.1) is 12.3 Å². The fourth-order valence-electron chi connectivity index (χ4n) is 7.15. The van der Waals surface area contributed by atoms with Crippen LogP contribution in [0.5, 0.6) is 5.75 Å². The van der Waals surface area contributed by atoms with Crippen molar-refractivity contribution in [3.8, 4) is 5.75 Å². The molecule has 0 radical (unpaired) electrons. The molecule has 3 aliphatic rings. The highest BCUT2D eigenvalue weighted by Crippen LogP contribution is 2.60. The van der Waals surface area contributed by atoms with Crippen LogP contribution in [0.3, 0.4) is 0 Å². The van der Waals surface area contributed by atoms with E-state index in [4.69, 9.17) is 14.5 Å². The molecule has 0 saturated carbocycles. The average molecular weight is 602 g/mol. The number of piperidine rings is 1. The Morgan fingerprint density at radius 2 is 2.00 bits per heavy atom. The van der Waals surface area contributed by atoms with Gasteiger partial charge in [0.25, 0.3) is 0 Å². The number of aromatic hydroxyl groups is 1. The van der Waals surface area contributed by atoms with E-state index in [2.05, 4.69) is 27.4 Å². The van der Waals surface area contributed by atoms with E-state index in [1.54, 1.807) is 0 Å². The first-order valence-corrected chi connectivity index (χ1v) is 15.4. The summed E-state index contributed by atoms with van der Waals surface area (Å²) < 4.78 is 21.7. The smallest absolute Gasteiger partial charge is 0.469 e. The lowest BCUT2D eigenvalue weighted by molar-refractivity contribution is -0.194. The zero-order valence-corrected chi connectivity index (χ0v) is 24.7. The lowest BCUT2D eigenvalue weighted by Crippen LogP contribution is -2.60. The summed E-state index contributed by atoms with van der Waals surface area (Å²) in [5, 5.41) is 22.4. The molecule has 1 saturated heterocycles. The van der Waals surface area contributed by atoms with Gasteiger partial charge in [-0.3, -0.25) is 19.2 Å². The van der Waals surface area contributed by atoms with Gasteiger partial charge in [-0.15, -0.1) is 0 Å². The standard InChI is InChI=1S/C21H26N2O3.C8H10NO6P/c1-3-20-10-6-11-22-12-9-15-14-7-4-5-8-16(14)23(17(15)18(20)22)21(25,13-20)19(24)26-2;1-5-8(11)7(3-10)6(2-9-5)4-15-16(12,13)14/h4-5,7-8,18,25H,3,6,9-13H2,1-2H3;2-3,11H,4H2,1H3,(H2,12,13,14)/t18-,20+,21+;/m1./s1. The van der Waals surface area contributed by atoms with Gasteiger partial charge in [-0.2, -0.15) is 0 Å². The molecule has 4 N–H and O–H groups in total. The number of nitrogens with zero attached hydrogens (tertiary/aromatic N) is 3. The molecule has 42 heavy (non-hydrogen) atoms. The summed E-state index contributed by atoms with van der Waals surface area (Å²) in [5.41, 5.74) is 1.98. The number of hydrogen-bond donors (Lipinski definition) is 4. The van der Waals surface area contributed by atoms with Crippen LogP contribution in [0.4, 0.5) is 0 Å². The van der Waals surface area contributed by atoms with E-state index in [1.807, 2.05) is 22.8 Å². The predicted molar refractivity (Wildman–Crippen MR) is 152 cm³/mol. The van der Waals surface area contributed by atoms with Crippen LogP contribution in [-0.4, -0.2) is 66.9 Å². The van der Waals surface area contributed by atoms with Crippen molar-refractivity contribution in [3.05, 3.63) is 58.5 Å². The summed E-state index contributed by atoms with van der Waals surface area (Å²) in [7, 11) is -3.24. The van der Waals surface area contributed by atoms with Gasteiger partial charge in [0.05, 0.1) is 36.5 Å². The lowest BCUT2D eigenvalue weighted by atomic mass is 9.62. The molecule has 3 atom stereocenters. The van der Waals surface area contributed by atoms with Gasteiger partial charge in [-0.1, -0.05) is 25.1 Å². The van der Waals surface area contributed by atoms with Crippen molar-refractivity contribution >= 4 is 31.0 Å². The van der Waals surface area contributed by atoms with E-state index in [9.17, 15) is 24.4 Å². The first kappa shape index (κ1) is 30.3. The zero-order valence-electron chi connectivity index (χ0n) is 23.8. The molecule has 3 aliphatic heterocycles. The number of fused-ring (bicyclic) bond motifs is 3. The van der Waals surface area contributed by atoms with Crippen LogP contribution < -0.4 is 0 Å². The number of carbonyl (C=O) groups is 2. The molecule has 0 amide bonds. The summed E-state index contributed by atoms with van der Waals surface area (Å²) in [6, 6.07) is 8.45. The second-order valence-electron chi connectivity index (χ2n) is 11.2. The molecule has 0 unspecified atom stereocenters. The Morgan fingerprint density at radius 3 is 2.67 bits per heavy atom. The fourth-order valence-corrected chi connectivity index (χ4v) is 7.46. The van der Waals surface area contributed by atoms with Crippen molar-refractivity contribution in [2.45, 2.75) is 64.3 Å². The normalized spacial score (nSPS) is 24.9. The molecule has 3 aromatic rings. The molecule has 0 spiro atoms. The minimum atomic E-state index is -4.61. The number of phosphoric ester groups is 1. The number of methoxy groups -OCH3 is 1. The largest absolute Gasteiger partial charge is 0.505 e. The number of aldehydes is 1. The number of para-hydroxylation sites is 1. The quantitative estimate of drug-likeness (QED) is 0.185. The molecule has 226 valence electrons. The molecular weight excluding hydrogens is 565 g/mol. The molecule has 2 aromatic heterocycles. The van der Waals surface area contributed by atoms with E-state index in [-0.39, 0.29) is 34.0 Å². The number of ether oxygens (including phenoxy) is 1. The second-order valence-corrected chi connectivity index (χ2v) is 12.5. The summed E-state index contributed by atoms with van der Waals surface area (Å²) in [6.45, 7) is 5.36. The number of pyridine rings is 1. The van der Waals surface area contributed by atoms with Gasteiger partial charge in [-0.25, -0.2) is 9.36 Å². The summed E-state index contributed by atoms with van der Waals surface area (Å²) in [4.78, 5) is 46.8. The molecule has 1 fully saturated rings. The number of benzene rings is 1. The first-order chi connectivity index (χ1) is 19.9. The van der Waals surface area contributed by atoms with E-state index >= 15 is 0 Å². The molecule has 0 aliphatic carbocycles. The van der Waals surface area contributed by atoms with Crippen LogP contribution in [-0.2, 0) is 37.4 Å². The fraction of sp³-hybridized carbons (Fsp3) is 0.483. The number of aliphatic hydroxyl groups is 1. The van der Waals surface area contributed by atoms with Gasteiger partial charge in [0.15, 0.2) is 6.29 Å². The third-order valence-electron chi connectivity index (χ3n) is 9.04. The monoisotopic (exact) mass is 601 g/mol. The number of esters is 1. The average Bonchev–Trinajstić information content (AvgIpc) is 3.32. The number of carbonyl (C=O) groups excluding carboxylic acids is 2. The maximum Gasteiger partial charge on any atom is 0.469 e. The van der Waals surface area contributed by atoms with Crippen molar-refractivity contribution in [2.75, 3.05) is 20.2 Å². The van der Waals surface area contributed by atoms with Gasteiger partial charge in [0.2, 0.25) is 5.72 Å². The number of hydrogen-bond acceptors (Lipinski definition) is 9. The van der Waals surface area contributed by atoms with E-state index in [1.165, 1.54) is 31.2 Å². The van der Waals surface area contributed by atoms with Crippen molar-refractivity contribution in [3.63, 3.8) is 0 Å². The zero-order chi connectivity index (χ0) is 30.4. The van der Waals surface area contributed by atoms with E-state index < -0.39 is 26.1 Å². The Kier molecular flexibility index (Phi) is 8.08. The number of rotatable bonds is 6. The third-order valence-corrected chi connectivity index (χ3v) is 9.51.